The van der Waals surface area contributed by atoms with Gasteiger partial charge in [-0.25, -0.2) is 19.9 Å². The second kappa shape index (κ2) is 30.1. The fourth-order valence-corrected chi connectivity index (χ4v) is 12.4. The van der Waals surface area contributed by atoms with E-state index in [0.29, 0.717) is 5.92 Å². The van der Waals surface area contributed by atoms with Crippen molar-refractivity contribution in [1.29, 1.82) is 5.41 Å². The molecule has 0 unspecified atom stereocenters. The number of nitrogens with zero attached hydrogens (tertiary/aromatic N) is 9. The SMILES string of the molecule is C=C(C)C.CC.CC(C)/C(=C1/CCCCC1=N)N1CCNC(C)(C)C1.Cc1nc2c(c(N3CCCN(Cc4ccc(Cl)cc4)CC3)n1)CCCC2.Cc1nc2c(c(N3CCCN(Cc4cccs4)CC3)n1)CCCC2. The molecule has 1 aromatic carbocycles. The molecular weight excluding hydrogens is 966 g/mol. The number of anilines is 2. The first kappa shape index (κ1) is 60.0. The summed E-state index contributed by atoms with van der Waals surface area (Å²) in [6, 6.07) is 12.6. The maximum Gasteiger partial charge on any atom is 0.135 e. The number of rotatable bonds is 8. The third-order valence-corrected chi connectivity index (χ3v) is 16.0. The molecule has 4 fully saturated rings. The largest absolute Gasteiger partial charge is 0.371 e. The molecule has 412 valence electrons. The quantitative estimate of drug-likeness (QED) is 0.166. The average Bonchev–Trinajstić information content (AvgIpc) is 3.64. The highest BCUT2D eigenvalue weighted by Gasteiger charge is 2.31. The van der Waals surface area contributed by atoms with Gasteiger partial charge in [-0.15, -0.1) is 17.9 Å². The summed E-state index contributed by atoms with van der Waals surface area (Å²) in [4.78, 5) is 33.3. The van der Waals surface area contributed by atoms with Crippen molar-refractivity contribution in [1.82, 2.24) is 40.0 Å². The molecule has 3 aromatic heterocycles. The molecule has 3 aliphatic carbocycles. The molecule has 6 aliphatic rings. The van der Waals surface area contributed by atoms with Gasteiger partial charge in [-0.1, -0.05) is 63.1 Å². The molecule has 6 heterocycles. The van der Waals surface area contributed by atoms with Crippen molar-refractivity contribution >= 4 is 40.3 Å². The van der Waals surface area contributed by atoms with Crippen LogP contribution in [0, 0.1) is 25.2 Å². The highest BCUT2D eigenvalue weighted by Crippen LogP contribution is 2.33. The zero-order valence-electron chi connectivity index (χ0n) is 48.2. The third kappa shape index (κ3) is 18.5. The Morgan fingerprint density at radius 1 is 0.680 bits per heavy atom. The number of hydrogen-bond acceptors (Lipinski definition) is 12. The molecule has 0 atom stereocenters. The first-order chi connectivity index (χ1) is 36.1. The highest BCUT2D eigenvalue weighted by atomic mass is 35.5. The van der Waals surface area contributed by atoms with Gasteiger partial charge in [-0.3, -0.25) is 9.80 Å². The monoisotopic (exact) mass is 1060 g/mol. The van der Waals surface area contributed by atoms with E-state index in [0.717, 1.165) is 139 Å². The van der Waals surface area contributed by atoms with Crippen LogP contribution in [-0.4, -0.2) is 118 Å². The van der Waals surface area contributed by atoms with Crippen LogP contribution in [0.15, 0.2) is 65.2 Å². The first-order valence-electron chi connectivity index (χ1n) is 29.0. The third-order valence-electron chi connectivity index (χ3n) is 14.8. The molecule has 0 bridgehead atoms. The molecule has 11 nitrogen and oxygen atoms in total. The van der Waals surface area contributed by atoms with Crippen molar-refractivity contribution in [2.45, 2.75) is 178 Å². The molecule has 0 amide bonds. The lowest BCUT2D eigenvalue weighted by atomic mass is 9.87. The zero-order valence-corrected chi connectivity index (χ0v) is 49.8. The minimum absolute atomic E-state index is 0.176. The topological polar surface area (TPSA) is 104 Å². The number of aromatic nitrogens is 4. The second-order valence-corrected chi connectivity index (χ2v) is 24.0. The number of fused-ring (bicyclic) bond motifs is 2. The van der Waals surface area contributed by atoms with E-state index < -0.39 is 0 Å². The maximum atomic E-state index is 8.29. The lowest BCUT2D eigenvalue weighted by molar-refractivity contribution is 0.177. The fourth-order valence-electron chi connectivity index (χ4n) is 11.5. The summed E-state index contributed by atoms with van der Waals surface area (Å²) in [6.07, 6.45) is 16.5. The summed E-state index contributed by atoms with van der Waals surface area (Å²) < 4.78 is 0. The lowest BCUT2D eigenvalue weighted by Crippen LogP contribution is -2.57. The minimum atomic E-state index is 0.176. The minimum Gasteiger partial charge on any atom is -0.371 e. The predicted molar refractivity (Wildman–Crippen MR) is 320 cm³/mol. The summed E-state index contributed by atoms with van der Waals surface area (Å²) in [5.41, 5.74) is 11.8. The van der Waals surface area contributed by atoms with Gasteiger partial charge in [0.1, 0.15) is 23.3 Å². The van der Waals surface area contributed by atoms with E-state index in [1.807, 2.05) is 65.0 Å². The van der Waals surface area contributed by atoms with E-state index in [2.05, 4.69) is 93.7 Å². The molecule has 0 spiro atoms. The molecule has 4 aromatic rings. The van der Waals surface area contributed by atoms with Gasteiger partial charge in [0.2, 0.25) is 0 Å². The number of thiophene rings is 1. The van der Waals surface area contributed by atoms with Crippen LogP contribution in [0.2, 0.25) is 5.02 Å². The van der Waals surface area contributed by atoms with Crippen LogP contribution in [0.5, 0.6) is 0 Å². The molecule has 3 saturated heterocycles. The summed E-state index contributed by atoms with van der Waals surface area (Å²) in [6.45, 7) is 38.7. The Hall–Kier alpha value is -4.20. The van der Waals surface area contributed by atoms with Gasteiger partial charge < -0.3 is 25.4 Å². The number of nitrogens with one attached hydrogen (secondary N) is 2. The Balaban J connectivity index is 0.000000175. The summed E-state index contributed by atoms with van der Waals surface area (Å²) in [7, 11) is 0. The Kier molecular flexibility index (Phi) is 24.1. The van der Waals surface area contributed by atoms with E-state index in [1.54, 1.807) is 0 Å². The lowest BCUT2D eigenvalue weighted by Gasteiger charge is -2.43. The van der Waals surface area contributed by atoms with E-state index in [-0.39, 0.29) is 5.54 Å². The van der Waals surface area contributed by atoms with Crippen LogP contribution in [-0.2, 0) is 38.8 Å². The molecule has 1 saturated carbocycles. The Morgan fingerprint density at radius 3 is 1.71 bits per heavy atom. The molecule has 0 radical (unpaired) electrons. The van der Waals surface area contributed by atoms with Gasteiger partial charge >= 0.3 is 0 Å². The molecule has 13 heteroatoms. The van der Waals surface area contributed by atoms with Crippen LogP contribution in [0.4, 0.5) is 11.6 Å². The van der Waals surface area contributed by atoms with Crippen molar-refractivity contribution in [3.8, 4) is 0 Å². The van der Waals surface area contributed by atoms with Crippen LogP contribution < -0.4 is 15.1 Å². The van der Waals surface area contributed by atoms with E-state index >= 15 is 0 Å². The van der Waals surface area contributed by atoms with Crippen LogP contribution in [0.3, 0.4) is 0 Å². The van der Waals surface area contributed by atoms with Gasteiger partial charge in [0.25, 0.3) is 0 Å². The highest BCUT2D eigenvalue weighted by molar-refractivity contribution is 7.09. The van der Waals surface area contributed by atoms with Crippen molar-refractivity contribution < 1.29 is 0 Å². The second-order valence-electron chi connectivity index (χ2n) is 22.5. The van der Waals surface area contributed by atoms with Crippen LogP contribution >= 0.6 is 22.9 Å². The van der Waals surface area contributed by atoms with Gasteiger partial charge in [-0.2, -0.15) is 0 Å². The molecule has 10 rings (SSSR count). The van der Waals surface area contributed by atoms with Crippen molar-refractivity contribution in [3.05, 3.63) is 115 Å². The van der Waals surface area contributed by atoms with Gasteiger partial charge in [-0.05, 0) is 172 Å². The maximum absolute atomic E-state index is 8.29. The smallest absolute Gasteiger partial charge is 0.135 e. The number of benzene rings is 1. The van der Waals surface area contributed by atoms with E-state index in [9.17, 15) is 0 Å². The Labute approximate surface area is 463 Å². The molecule has 75 heavy (non-hydrogen) atoms. The van der Waals surface area contributed by atoms with Crippen molar-refractivity contribution in [2.24, 2.45) is 5.92 Å². The van der Waals surface area contributed by atoms with Gasteiger partial charge in [0.05, 0.1) is 0 Å². The van der Waals surface area contributed by atoms with E-state index in [4.69, 9.17) is 36.9 Å². The summed E-state index contributed by atoms with van der Waals surface area (Å²) in [5.74, 6) is 4.81. The predicted octanol–water partition coefficient (Wildman–Crippen LogP) is 13.2. The molecule has 2 N–H and O–H groups in total. The van der Waals surface area contributed by atoms with Gasteiger partial charge in [0, 0.05) is 134 Å². The molecule has 3 aliphatic heterocycles. The normalized spacial score (nSPS) is 19.7. The standard InChI is InChI=1S/C21H27ClN4.C19H26N4S.C16H29N3.C4H8.C2H6/c1-16-23-20-6-3-2-5-19(20)21(24-16)26-12-4-11-25(13-14-26)15-17-7-9-18(22)10-8-17;1-15-20-18-8-3-2-7-17(18)19(21-15)23-10-5-9-22(11-12-23)14-16-6-4-13-24-16;1-12(2)15(13-7-5-6-8-14(13)17)19-10-9-18-16(3,4)11-19;1-4(2)3;1-2/h7-10H,2-6,11-15H2,1H3;4,6,13H,2-3,5,7-12,14H2,1H3;12,17-18H,5-11H2,1-4H3;1H2,2-3H3;1-2H3/b;;15-13+,17-14?;;. The van der Waals surface area contributed by atoms with Crippen molar-refractivity contribution in [2.75, 3.05) is 81.8 Å². The summed E-state index contributed by atoms with van der Waals surface area (Å²) >= 11 is 7.87. The van der Waals surface area contributed by atoms with Gasteiger partial charge in [0.15, 0.2) is 0 Å². The van der Waals surface area contributed by atoms with E-state index in [1.165, 1.54) is 119 Å². The van der Waals surface area contributed by atoms with Crippen LogP contribution in [0.25, 0.3) is 0 Å². The number of allylic oxidation sites excluding steroid dienone is 3. The Bertz CT molecular complexity index is 2430. The zero-order chi connectivity index (χ0) is 53.9. The average molecular weight is 1060 g/mol. The number of hydrogen-bond donors (Lipinski definition) is 2. The van der Waals surface area contributed by atoms with Crippen molar-refractivity contribution in [3.63, 3.8) is 0 Å². The number of halogens is 1. The molecular formula is C62H96ClN11S. The first-order valence-corrected chi connectivity index (χ1v) is 30.3. The number of piperazine rings is 1. The summed E-state index contributed by atoms with van der Waals surface area (Å²) in [5, 5.41) is 14.8. The fraction of sp³-hybridized carbons (Fsp3) is 0.629. The Morgan fingerprint density at radius 2 is 1.20 bits per heavy atom. The van der Waals surface area contributed by atoms with Crippen LogP contribution in [0.1, 0.15) is 164 Å². The number of aryl methyl sites for hydroxylation is 4.